The van der Waals surface area contributed by atoms with Crippen molar-refractivity contribution in [2.45, 2.75) is 19.5 Å². The first kappa shape index (κ1) is 23.1. The van der Waals surface area contributed by atoms with Gasteiger partial charge in [-0.25, -0.2) is 0 Å². The molecule has 1 unspecified atom stereocenters. The Hall–Kier alpha value is -2.15. The highest BCUT2D eigenvalue weighted by atomic mass is 35.5. The van der Waals surface area contributed by atoms with Crippen molar-refractivity contribution in [3.63, 3.8) is 0 Å². The molecule has 0 radical (unpaired) electrons. The molecule has 1 atom stereocenters. The molecule has 6 nitrogen and oxygen atoms in total. The maximum Gasteiger partial charge on any atom is 0.203 e. The van der Waals surface area contributed by atoms with Crippen molar-refractivity contribution >= 4 is 12.4 Å². The van der Waals surface area contributed by atoms with Gasteiger partial charge in [0, 0.05) is 31.7 Å². The molecular weight excluding hydrogens is 392 g/mol. The Morgan fingerprint density at radius 1 is 1.00 bits per heavy atom. The lowest BCUT2D eigenvalue weighted by atomic mass is 10.0. The molecule has 0 amide bonds. The molecule has 1 aliphatic rings. The largest absolute Gasteiger partial charge is 0.496 e. The highest BCUT2D eigenvalue weighted by Crippen LogP contribution is 2.39. The fraction of sp³-hybridized carbons (Fsp3) is 0.455. The van der Waals surface area contributed by atoms with Crippen LogP contribution in [0.3, 0.4) is 0 Å². The Kier molecular flexibility index (Phi) is 8.89. The molecule has 0 saturated carbocycles. The first-order valence-electron chi connectivity index (χ1n) is 9.67. The number of rotatable bonds is 8. The van der Waals surface area contributed by atoms with Gasteiger partial charge in [-0.15, -0.1) is 12.4 Å². The van der Waals surface area contributed by atoms with Crippen LogP contribution in [-0.4, -0.2) is 52.5 Å². The van der Waals surface area contributed by atoms with Gasteiger partial charge >= 0.3 is 0 Å². The molecule has 29 heavy (non-hydrogen) atoms. The molecule has 7 heteroatoms. The van der Waals surface area contributed by atoms with Crippen molar-refractivity contribution < 1.29 is 18.9 Å². The number of methoxy groups -OCH3 is 3. The fourth-order valence-corrected chi connectivity index (χ4v) is 3.73. The smallest absolute Gasteiger partial charge is 0.203 e. The number of hydrogen-bond acceptors (Lipinski definition) is 6. The van der Waals surface area contributed by atoms with Crippen LogP contribution < -0.4 is 24.3 Å². The summed E-state index contributed by atoms with van der Waals surface area (Å²) >= 11 is 0. The fourth-order valence-electron chi connectivity index (χ4n) is 3.73. The van der Waals surface area contributed by atoms with Crippen LogP contribution in [0.4, 0.5) is 0 Å². The van der Waals surface area contributed by atoms with E-state index >= 15 is 0 Å². The number of piperazine rings is 1. The number of nitrogens with one attached hydrogen (secondary N) is 1. The molecule has 2 aromatic rings. The van der Waals surface area contributed by atoms with E-state index in [1.54, 1.807) is 21.3 Å². The molecule has 1 N–H and O–H groups in total. The van der Waals surface area contributed by atoms with E-state index in [1.165, 1.54) is 5.56 Å². The molecule has 160 valence electrons. The van der Waals surface area contributed by atoms with Gasteiger partial charge in [0.2, 0.25) is 5.75 Å². The van der Waals surface area contributed by atoms with Gasteiger partial charge in [0.05, 0.1) is 34.0 Å². The molecule has 1 aliphatic heterocycles. The van der Waals surface area contributed by atoms with E-state index in [9.17, 15) is 0 Å². The summed E-state index contributed by atoms with van der Waals surface area (Å²) in [5, 5.41) is 3.50. The van der Waals surface area contributed by atoms with Gasteiger partial charge in [0.15, 0.2) is 11.5 Å². The lowest BCUT2D eigenvalue weighted by molar-refractivity contribution is 0.150. The number of para-hydroxylation sites is 1. The normalized spacial score (nSPS) is 16.6. The molecule has 1 saturated heterocycles. The van der Waals surface area contributed by atoms with Crippen molar-refractivity contribution in [3.8, 4) is 23.0 Å². The Bertz CT molecular complexity index is 762. The van der Waals surface area contributed by atoms with Crippen LogP contribution in [0.5, 0.6) is 23.0 Å². The predicted octanol–water partition coefficient (Wildman–Crippen LogP) is 3.68. The van der Waals surface area contributed by atoms with Crippen LogP contribution in [0.2, 0.25) is 0 Å². The third-order valence-electron chi connectivity index (χ3n) is 5.05. The van der Waals surface area contributed by atoms with Crippen LogP contribution in [0.15, 0.2) is 36.4 Å². The maximum absolute atomic E-state index is 5.73. The van der Waals surface area contributed by atoms with Crippen LogP contribution in [0, 0.1) is 0 Å². The first-order chi connectivity index (χ1) is 13.7. The second-order valence-electron chi connectivity index (χ2n) is 6.69. The van der Waals surface area contributed by atoms with E-state index < -0.39 is 0 Å². The second-order valence-corrected chi connectivity index (χ2v) is 6.69. The van der Waals surface area contributed by atoms with Gasteiger partial charge in [-0.05, 0) is 30.7 Å². The average molecular weight is 423 g/mol. The summed E-state index contributed by atoms with van der Waals surface area (Å²) in [5.41, 5.74) is 2.32. The number of ether oxygens (including phenoxy) is 4. The summed E-state index contributed by atoms with van der Waals surface area (Å²) in [6.45, 7) is 6.07. The molecule has 1 fully saturated rings. The maximum atomic E-state index is 5.73. The molecule has 0 bridgehead atoms. The van der Waals surface area contributed by atoms with Gasteiger partial charge < -0.3 is 24.3 Å². The quantitative estimate of drug-likeness (QED) is 0.700. The van der Waals surface area contributed by atoms with Crippen LogP contribution in [-0.2, 0) is 6.54 Å². The zero-order chi connectivity index (χ0) is 19.9. The lowest BCUT2D eigenvalue weighted by Gasteiger charge is -2.37. The predicted molar refractivity (Wildman–Crippen MR) is 117 cm³/mol. The van der Waals surface area contributed by atoms with Gasteiger partial charge in [-0.3, -0.25) is 4.90 Å². The summed E-state index contributed by atoms with van der Waals surface area (Å²) in [4.78, 5) is 2.46. The Balaban J connectivity index is 0.00000300. The molecule has 1 heterocycles. The lowest BCUT2D eigenvalue weighted by Crippen LogP contribution is -2.45. The second kappa shape index (κ2) is 11.1. The van der Waals surface area contributed by atoms with Crippen LogP contribution >= 0.6 is 12.4 Å². The standard InChI is InChI=1S/C22H30N2O4.ClH/c1-5-28-22-20(26-3)12-16(13-21(22)27-4)15-24-11-10-23-14-18(24)17-8-6-7-9-19(17)25-2;/h6-9,12-13,18,23H,5,10-11,14-15H2,1-4H3;1H. The van der Waals surface area contributed by atoms with Crippen molar-refractivity contribution in [3.05, 3.63) is 47.5 Å². The van der Waals surface area contributed by atoms with E-state index in [2.05, 4.69) is 22.3 Å². The third-order valence-corrected chi connectivity index (χ3v) is 5.05. The summed E-state index contributed by atoms with van der Waals surface area (Å²) in [6, 6.07) is 12.5. The third kappa shape index (κ3) is 5.26. The highest BCUT2D eigenvalue weighted by Gasteiger charge is 2.27. The van der Waals surface area contributed by atoms with Crippen molar-refractivity contribution in [2.75, 3.05) is 47.6 Å². The zero-order valence-corrected chi connectivity index (χ0v) is 18.4. The van der Waals surface area contributed by atoms with Gasteiger partial charge in [0.25, 0.3) is 0 Å². The van der Waals surface area contributed by atoms with Crippen molar-refractivity contribution in [1.29, 1.82) is 0 Å². The summed E-state index contributed by atoms with van der Waals surface area (Å²) in [6.07, 6.45) is 0. The van der Waals surface area contributed by atoms with E-state index in [1.807, 2.05) is 31.2 Å². The molecule has 0 aromatic heterocycles. The van der Waals surface area contributed by atoms with Crippen LogP contribution in [0.25, 0.3) is 0 Å². The molecule has 0 spiro atoms. The topological polar surface area (TPSA) is 52.2 Å². The van der Waals surface area contributed by atoms with E-state index in [0.717, 1.165) is 37.5 Å². The minimum atomic E-state index is 0. The number of nitrogens with zero attached hydrogens (tertiary/aromatic N) is 1. The summed E-state index contributed by atoms with van der Waals surface area (Å²) < 4.78 is 22.5. The summed E-state index contributed by atoms with van der Waals surface area (Å²) in [5.74, 6) is 2.96. The molecular formula is C22H31ClN2O4. The SMILES string of the molecule is CCOc1c(OC)cc(CN2CCNCC2c2ccccc2OC)cc1OC.Cl. The Morgan fingerprint density at radius 3 is 2.28 bits per heavy atom. The zero-order valence-electron chi connectivity index (χ0n) is 17.6. The van der Waals surface area contributed by atoms with E-state index in [-0.39, 0.29) is 18.4 Å². The molecule has 0 aliphatic carbocycles. The summed E-state index contributed by atoms with van der Waals surface area (Å²) in [7, 11) is 5.04. The minimum Gasteiger partial charge on any atom is -0.496 e. The van der Waals surface area contributed by atoms with Crippen LogP contribution in [0.1, 0.15) is 24.1 Å². The van der Waals surface area contributed by atoms with Gasteiger partial charge in [0.1, 0.15) is 5.75 Å². The van der Waals surface area contributed by atoms with Gasteiger partial charge in [-0.2, -0.15) is 0 Å². The average Bonchev–Trinajstić information content (AvgIpc) is 2.75. The van der Waals surface area contributed by atoms with E-state index in [0.29, 0.717) is 23.9 Å². The first-order valence-corrected chi connectivity index (χ1v) is 9.67. The number of benzene rings is 2. The highest BCUT2D eigenvalue weighted by molar-refractivity contribution is 5.85. The number of hydrogen-bond donors (Lipinski definition) is 1. The van der Waals surface area contributed by atoms with Gasteiger partial charge in [-0.1, -0.05) is 18.2 Å². The monoisotopic (exact) mass is 422 g/mol. The van der Waals surface area contributed by atoms with E-state index in [4.69, 9.17) is 18.9 Å². The Labute approximate surface area is 179 Å². The number of halogens is 1. The Morgan fingerprint density at radius 2 is 1.66 bits per heavy atom. The minimum absolute atomic E-state index is 0. The molecule has 3 rings (SSSR count). The van der Waals surface area contributed by atoms with Crippen molar-refractivity contribution in [2.24, 2.45) is 0 Å². The van der Waals surface area contributed by atoms with Crippen molar-refractivity contribution in [1.82, 2.24) is 10.2 Å². The molecule has 2 aromatic carbocycles.